The van der Waals surface area contributed by atoms with Crippen molar-refractivity contribution >= 4 is 11.6 Å². The third-order valence-electron chi connectivity index (χ3n) is 2.87. The predicted octanol–water partition coefficient (Wildman–Crippen LogP) is 1.70. The van der Waals surface area contributed by atoms with Crippen molar-refractivity contribution in [3.05, 3.63) is 12.4 Å². The summed E-state index contributed by atoms with van der Waals surface area (Å²) < 4.78 is 5.14. The molecule has 0 unspecified atom stereocenters. The summed E-state index contributed by atoms with van der Waals surface area (Å²) in [5.74, 6) is 1.31. The smallest absolute Gasteiger partial charge is 0.147 e. The van der Waals surface area contributed by atoms with Crippen molar-refractivity contribution < 1.29 is 4.74 Å². The highest BCUT2D eigenvalue weighted by Gasteiger charge is 2.16. The highest BCUT2D eigenvalue weighted by Crippen LogP contribution is 2.17. The summed E-state index contributed by atoms with van der Waals surface area (Å²) in [6.07, 6.45) is 5.47. The Balaban J connectivity index is 2.84. The summed E-state index contributed by atoms with van der Waals surface area (Å²) in [6.45, 7) is 5.86. The van der Waals surface area contributed by atoms with Crippen LogP contribution in [-0.4, -0.2) is 36.3 Å². The molecule has 0 amide bonds. The van der Waals surface area contributed by atoms with Crippen LogP contribution >= 0.6 is 0 Å². The number of methoxy groups -OCH3 is 1. The molecule has 1 heterocycles. The van der Waals surface area contributed by atoms with Crippen LogP contribution in [0.3, 0.4) is 0 Å². The van der Waals surface area contributed by atoms with Crippen molar-refractivity contribution in [1.82, 2.24) is 9.97 Å². The van der Waals surface area contributed by atoms with Crippen LogP contribution in [0.5, 0.6) is 0 Å². The van der Waals surface area contributed by atoms with Gasteiger partial charge < -0.3 is 15.4 Å². The van der Waals surface area contributed by atoms with E-state index in [1.165, 1.54) is 0 Å². The van der Waals surface area contributed by atoms with Crippen LogP contribution in [0.2, 0.25) is 0 Å². The molecule has 0 atom stereocenters. The SMILES string of the molecule is CCC(CC)N(CCOC)c1cnc(N)cn1. The second-order valence-electron chi connectivity index (χ2n) is 3.96. The molecule has 1 rings (SSSR count). The molecule has 0 spiro atoms. The molecule has 0 saturated carbocycles. The van der Waals surface area contributed by atoms with Gasteiger partial charge in [-0.15, -0.1) is 0 Å². The van der Waals surface area contributed by atoms with Crippen LogP contribution in [0, 0.1) is 0 Å². The van der Waals surface area contributed by atoms with Gasteiger partial charge in [0.05, 0.1) is 19.0 Å². The first-order valence-corrected chi connectivity index (χ1v) is 6.06. The van der Waals surface area contributed by atoms with Gasteiger partial charge in [0.15, 0.2) is 0 Å². The van der Waals surface area contributed by atoms with E-state index >= 15 is 0 Å². The van der Waals surface area contributed by atoms with Gasteiger partial charge >= 0.3 is 0 Å². The van der Waals surface area contributed by atoms with Crippen LogP contribution in [-0.2, 0) is 4.74 Å². The lowest BCUT2D eigenvalue weighted by molar-refractivity contribution is 0.202. The Morgan fingerprint density at radius 1 is 1.29 bits per heavy atom. The zero-order valence-corrected chi connectivity index (χ0v) is 10.9. The Bertz CT molecular complexity index is 311. The highest BCUT2D eigenvalue weighted by atomic mass is 16.5. The standard InChI is InChI=1S/C12H22N4O/c1-4-10(5-2)16(6-7-17-3)12-9-14-11(13)8-15-12/h8-10H,4-7H2,1-3H3,(H2,13,14). The molecule has 0 aliphatic heterocycles. The first kappa shape index (κ1) is 13.7. The molecule has 0 saturated heterocycles. The number of rotatable bonds is 7. The van der Waals surface area contributed by atoms with Crippen LogP contribution in [0.1, 0.15) is 26.7 Å². The molecule has 0 aliphatic carbocycles. The normalized spacial score (nSPS) is 10.8. The molecule has 1 aromatic rings. The van der Waals surface area contributed by atoms with Crippen molar-refractivity contribution in [3.8, 4) is 0 Å². The van der Waals surface area contributed by atoms with E-state index in [1.807, 2.05) is 0 Å². The Labute approximate surface area is 103 Å². The molecule has 0 aromatic carbocycles. The number of nitrogens with zero attached hydrogens (tertiary/aromatic N) is 3. The van der Waals surface area contributed by atoms with Gasteiger partial charge in [0.1, 0.15) is 11.6 Å². The van der Waals surface area contributed by atoms with Crippen LogP contribution in [0.25, 0.3) is 0 Å². The monoisotopic (exact) mass is 238 g/mol. The lowest BCUT2D eigenvalue weighted by Crippen LogP contribution is -2.37. The first-order valence-electron chi connectivity index (χ1n) is 6.06. The molecule has 1 aromatic heterocycles. The fourth-order valence-electron chi connectivity index (χ4n) is 1.88. The summed E-state index contributed by atoms with van der Waals surface area (Å²) in [5, 5.41) is 0. The zero-order valence-electron chi connectivity index (χ0n) is 10.9. The molecule has 5 nitrogen and oxygen atoms in total. The second-order valence-corrected chi connectivity index (χ2v) is 3.96. The minimum absolute atomic E-state index is 0.449. The Morgan fingerprint density at radius 3 is 2.47 bits per heavy atom. The fraction of sp³-hybridized carbons (Fsp3) is 0.667. The minimum atomic E-state index is 0.449. The maximum absolute atomic E-state index is 5.55. The highest BCUT2D eigenvalue weighted by molar-refractivity contribution is 5.40. The quantitative estimate of drug-likeness (QED) is 0.783. The third-order valence-corrected chi connectivity index (χ3v) is 2.87. The van der Waals surface area contributed by atoms with E-state index in [1.54, 1.807) is 19.5 Å². The molecule has 0 radical (unpaired) electrons. The first-order chi connectivity index (χ1) is 8.22. The van der Waals surface area contributed by atoms with E-state index in [0.29, 0.717) is 18.5 Å². The summed E-state index contributed by atoms with van der Waals surface area (Å²) in [5.41, 5.74) is 5.55. The van der Waals surface area contributed by atoms with E-state index in [-0.39, 0.29) is 0 Å². The summed E-state index contributed by atoms with van der Waals surface area (Å²) in [7, 11) is 1.71. The lowest BCUT2D eigenvalue weighted by atomic mass is 10.1. The lowest BCUT2D eigenvalue weighted by Gasteiger charge is -2.31. The second kappa shape index (κ2) is 7.06. The van der Waals surface area contributed by atoms with Crippen LogP contribution in [0.4, 0.5) is 11.6 Å². The van der Waals surface area contributed by atoms with Crippen LogP contribution < -0.4 is 10.6 Å². The van der Waals surface area contributed by atoms with Gasteiger partial charge in [0.25, 0.3) is 0 Å². The maximum atomic E-state index is 5.55. The zero-order chi connectivity index (χ0) is 12.7. The van der Waals surface area contributed by atoms with Crippen molar-refractivity contribution in [3.63, 3.8) is 0 Å². The number of anilines is 2. The van der Waals surface area contributed by atoms with Crippen molar-refractivity contribution in [2.75, 3.05) is 30.9 Å². The number of nitrogen functional groups attached to an aromatic ring is 1. The molecule has 2 N–H and O–H groups in total. The Morgan fingerprint density at radius 2 is 2.00 bits per heavy atom. The van der Waals surface area contributed by atoms with Gasteiger partial charge in [0.2, 0.25) is 0 Å². The largest absolute Gasteiger partial charge is 0.383 e. The van der Waals surface area contributed by atoms with Gasteiger partial charge in [-0.1, -0.05) is 13.8 Å². The number of ether oxygens (including phenoxy) is 1. The van der Waals surface area contributed by atoms with Crippen molar-refractivity contribution in [2.24, 2.45) is 0 Å². The van der Waals surface area contributed by atoms with E-state index in [2.05, 4.69) is 28.7 Å². The maximum Gasteiger partial charge on any atom is 0.147 e. The van der Waals surface area contributed by atoms with Crippen LogP contribution in [0.15, 0.2) is 12.4 Å². The molecule has 96 valence electrons. The molecule has 5 heteroatoms. The van der Waals surface area contributed by atoms with Gasteiger partial charge in [-0.2, -0.15) is 0 Å². The summed E-state index contributed by atoms with van der Waals surface area (Å²) in [6, 6.07) is 0.461. The number of aromatic nitrogens is 2. The topological polar surface area (TPSA) is 64.3 Å². The average Bonchev–Trinajstić information content (AvgIpc) is 2.36. The molecule has 17 heavy (non-hydrogen) atoms. The van der Waals surface area contributed by atoms with E-state index in [9.17, 15) is 0 Å². The molecule has 0 fully saturated rings. The van der Waals surface area contributed by atoms with Gasteiger partial charge in [-0.05, 0) is 12.8 Å². The minimum Gasteiger partial charge on any atom is -0.383 e. The average molecular weight is 238 g/mol. The Hall–Kier alpha value is -1.36. The molecular formula is C12H22N4O. The Kier molecular flexibility index (Phi) is 5.69. The summed E-state index contributed by atoms with van der Waals surface area (Å²) >= 11 is 0. The number of hydrogen-bond acceptors (Lipinski definition) is 5. The van der Waals surface area contributed by atoms with Crippen molar-refractivity contribution in [2.45, 2.75) is 32.7 Å². The predicted molar refractivity (Wildman–Crippen MR) is 70.0 cm³/mol. The number of nitrogens with two attached hydrogens (primary N) is 1. The molecule has 0 aliphatic rings. The fourth-order valence-corrected chi connectivity index (χ4v) is 1.88. The molecule has 0 bridgehead atoms. The number of hydrogen-bond donors (Lipinski definition) is 1. The van der Waals surface area contributed by atoms with Gasteiger partial charge in [-0.25, -0.2) is 9.97 Å². The van der Waals surface area contributed by atoms with E-state index < -0.39 is 0 Å². The molecular weight excluding hydrogens is 216 g/mol. The summed E-state index contributed by atoms with van der Waals surface area (Å²) in [4.78, 5) is 10.7. The van der Waals surface area contributed by atoms with Crippen molar-refractivity contribution in [1.29, 1.82) is 0 Å². The van der Waals surface area contributed by atoms with E-state index in [4.69, 9.17) is 10.5 Å². The van der Waals surface area contributed by atoms with Gasteiger partial charge in [0, 0.05) is 19.7 Å². The van der Waals surface area contributed by atoms with E-state index in [0.717, 1.165) is 25.2 Å². The third kappa shape index (κ3) is 3.85. The van der Waals surface area contributed by atoms with Gasteiger partial charge in [-0.3, -0.25) is 0 Å².